The largest absolute Gasteiger partial charge is 0.496 e. The summed E-state index contributed by atoms with van der Waals surface area (Å²) in [6, 6.07) is 4.97. The van der Waals surface area contributed by atoms with Gasteiger partial charge in [0.1, 0.15) is 5.75 Å². The van der Waals surface area contributed by atoms with Crippen LogP contribution in [0.3, 0.4) is 0 Å². The van der Waals surface area contributed by atoms with Crippen molar-refractivity contribution in [1.29, 1.82) is 0 Å². The van der Waals surface area contributed by atoms with Gasteiger partial charge >= 0.3 is 0 Å². The number of nitrogens with zero attached hydrogens (tertiary/aromatic N) is 1. The summed E-state index contributed by atoms with van der Waals surface area (Å²) in [4.78, 5) is 13.8. The van der Waals surface area contributed by atoms with Gasteiger partial charge < -0.3 is 20.5 Å². The third kappa shape index (κ3) is 2.34. The Morgan fingerprint density at radius 1 is 1.59 bits per heavy atom. The summed E-state index contributed by atoms with van der Waals surface area (Å²) in [6.07, 6.45) is 0.196. The summed E-state index contributed by atoms with van der Waals surface area (Å²) >= 11 is 0. The molecule has 1 saturated heterocycles. The summed E-state index contributed by atoms with van der Waals surface area (Å²) < 4.78 is 5.14. The van der Waals surface area contributed by atoms with E-state index in [1.165, 1.54) is 7.11 Å². The topological polar surface area (TPSA) is 75.8 Å². The van der Waals surface area contributed by atoms with Crippen LogP contribution in [-0.2, 0) is 0 Å². The third-order valence-corrected chi connectivity index (χ3v) is 2.90. The number of aliphatic hydroxyl groups excluding tert-OH is 1. The monoisotopic (exact) mass is 236 g/mol. The van der Waals surface area contributed by atoms with Crippen LogP contribution < -0.4 is 10.5 Å². The Morgan fingerprint density at radius 2 is 2.35 bits per heavy atom. The van der Waals surface area contributed by atoms with Gasteiger partial charge in [-0.1, -0.05) is 0 Å². The molecule has 1 fully saturated rings. The molecule has 1 atom stereocenters. The molecule has 5 nitrogen and oxygen atoms in total. The van der Waals surface area contributed by atoms with E-state index in [1.807, 2.05) is 0 Å². The molecule has 0 radical (unpaired) electrons. The quantitative estimate of drug-likeness (QED) is 0.732. The molecule has 0 spiro atoms. The molecule has 1 unspecified atom stereocenters. The lowest BCUT2D eigenvalue weighted by Gasteiger charge is -2.17. The van der Waals surface area contributed by atoms with Gasteiger partial charge in [-0.25, -0.2) is 0 Å². The first-order valence-corrected chi connectivity index (χ1v) is 5.52. The fraction of sp³-hybridized carbons (Fsp3) is 0.417. The van der Waals surface area contributed by atoms with Gasteiger partial charge in [0, 0.05) is 18.8 Å². The number of nitrogen functional groups attached to an aromatic ring is 1. The fourth-order valence-corrected chi connectivity index (χ4v) is 1.99. The number of anilines is 1. The molecule has 0 aromatic heterocycles. The first-order chi connectivity index (χ1) is 8.11. The average molecular weight is 236 g/mol. The van der Waals surface area contributed by atoms with Gasteiger partial charge in [-0.15, -0.1) is 0 Å². The number of aliphatic hydroxyl groups is 1. The highest BCUT2D eigenvalue weighted by Gasteiger charge is 2.27. The summed E-state index contributed by atoms with van der Waals surface area (Å²) in [5.74, 6) is 0.358. The van der Waals surface area contributed by atoms with Gasteiger partial charge in [0.15, 0.2) is 0 Å². The number of rotatable bonds is 2. The lowest BCUT2D eigenvalue weighted by atomic mass is 10.1. The van der Waals surface area contributed by atoms with Gasteiger partial charge in [-0.2, -0.15) is 0 Å². The van der Waals surface area contributed by atoms with Crippen LogP contribution >= 0.6 is 0 Å². The predicted octanol–water partition coefficient (Wildman–Crippen LogP) is 0.484. The van der Waals surface area contributed by atoms with Gasteiger partial charge in [-0.05, 0) is 24.6 Å². The van der Waals surface area contributed by atoms with Crippen LogP contribution in [0.4, 0.5) is 5.69 Å². The van der Waals surface area contributed by atoms with Crippen molar-refractivity contribution in [2.45, 2.75) is 12.5 Å². The van der Waals surface area contributed by atoms with E-state index in [0.717, 1.165) is 0 Å². The zero-order chi connectivity index (χ0) is 12.4. The number of ether oxygens (including phenoxy) is 1. The molecule has 92 valence electrons. The van der Waals surface area contributed by atoms with Crippen molar-refractivity contribution in [2.75, 3.05) is 25.9 Å². The van der Waals surface area contributed by atoms with E-state index >= 15 is 0 Å². The maximum Gasteiger partial charge on any atom is 0.257 e. The number of methoxy groups -OCH3 is 1. The van der Waals surface area contributed by atoms with Crippen molar-refractivity contribution in [3.05, 3.63) is 23.8 Å². The number of likely N-dealkylation sites (tertiary alicyclic amines) is 1. The molecule has 17 heavy (non-hydrogen) atoms. The first-order valence-electron chi connectivity index (χ1n) is 5.52. The van der Waals surface area contributed by atoms with E-state index in [1.54, 1.807) is 23.1 Å². The SMILES string of the molecule is COc1ccc(N)cc1C(=O)N1CCC(O)C1. The minimum absolute atomic E-state index is 0.147. The highest BCUT2D eigenvalue weighted by atomic mass is 16.5. The van der Waals surface area contributed by atoms with E-state index in [4.69, 9.17) is 10.5 Å². The Labute approximate surface area is 99.8 Å². The molecule has 1 aliphatic heterocycles. The second-order valence-electron chi connectivity index (χ2n) is 4.15. The molecule has 0 bridgehead atoms. The summed E-state index contributed by atoms with van der Waals surface area (Å²) in [7, 11) is 1.52. The molecule has 5 heteroatoms. The molecule has 1 aromatic carbocycles. The molecule has 1 aliphatic rings. The molecule has 3 N–H and O–H groups in total. The summed E-state index contributed by atoms with van der Waals surface area (Å²) in [5.41, 5.74) is 6.64. The van der Waals surface area contributed by atoms with Crippen LogP contribution in [0.5, 0.6) is 5.75 Å². The Balaban J connectivity index is 2.26. The molecule has 0 aliphatic carbocycles. The lowest BCUT2D eigenvalue weighted by molar-refractivity contribution is 0.0761. The number of hydrogen-bond donors (Lipinski definition) is 2. The number of nitrogens with two attached hydrogens (primary N) is 1. The van der Waals surface area contributed by atoms with Crippen LogP contribution in [0, 0.1) is 0 Å². The molecule has 1 aromatic rings. The van der Waals surface area contributed by atoms with E-state index in [2.05, 4.69) is 0 Å². The number of benzene rings is 1. The third-order valence-electron chi connectivity index (χ3n) is 2.90. The number of carbonyl (C=O) groups is 1. The number of carbonyl (C=O) groups excluding carboxylic acids is 1. The Morgan fingerprint density at radius 3 is 2.94 bits per heavy atom. The van der Waals surface area contributed by atoms with E-state index < -0.39 is 6.10 Å². The van der Waals surface area contributed by atoms with Crippen molar-refractivity contribution >= 4 is 11.6 Å². The van der Waals surface area contributed by atoms with Crippen molar-refractivity contribution in [1.82, 2.24) is 4.90 Å². The molecule has 1 heterocycles. The average Bonchev–Trinajstić information content (AvgIpc) is 2.75. The smallest absolute Gasteiger partial charge is 0.257 e. The van der Waals surface area contributed by atoms with Crippen LogP contribution in [0.1, 0.15) is 16.8 Å². The van der Waals surface area contributed by atoms with Gasteiger partial charge in [0.2, 0.25) is 0 Å². The van der Waals surface area contributed by atoms with Gasteiger partial charge in [-0.3, -0.25) is 4.79 Å². The van der Waals surface area contributed by atoms with Crippen molar-refractivity contribution in [2.24, 2.45) is 0 Å². The summed E-state index contributed by atoms with van der Waals surface area (Å²) in [5, 5.41) is 9.43. The predicted molar refractivity (Wildman–Crippen MR) is 63.9 cm³/mol. The zero-order valence-corrected chi connectivity index (χ0v) is 9.72. The van der Waals surface area contributed by atoms with Crippen molar-refractivity contribution in [3.8, 4) is 5.75 Å². The highest BCUT2D eigenvalue weighted by Crippen LogP contribution is 2.24. The van der Waals surface area contributed by atoms with E-state index in [0.29, 0.717) is 36.5 Å². The minimum atomic E-state index is -0.425. The maximum atomic E-state index is 12.2. The normalized spacial score (nSPS) is 19.4. The van der Waals surface area contributed by atoms with Crippen LogP contribution in [0.2, 0.25) is 0 Å². The second-order valence-corrected chi connectivity index (χ2v) is 4.15. The second kappa shape index (κ2) is 4.63. The highest BCUT2D eigenvalue weighted by molar-refractivity contribution is 5.98. The van der Waals surface area contributed by atoms with Crippen LogP contribution in [-0.4, -0.2) is 42.2 Å². The van der Waals surface area contributed by atoms with Crippen molar-refractivity contribution in [3.63, 3.8) is 0 Å². The number of β-amino-alcohol motifs (C(OH)–C–C–N with tert-alkyl or cyclic N) is 1. The minimum Gasteiger partial charge on any atom is -0.496 e. The first kappa shape index (κ1) is 11.7. The van der Waals surface area contributed by atoms with Crippen LogP contribution in [0.15, 0.2) is 18.2 Å². The lowest BCUT2D eigenvalue weighted by Crippen LogP contribution is -2.29. The van der Waals surface area contributed by atoms with Gasteiger partial charge in [0.05, 0.1) is 18.8 Å². The van der Waals surface area contributed by atoms with E-state index in [9.17, 15) is 9.90 Å². The van der Waals surface area contributed by atoms with Crippen molar-refractivity contribution < 1.29 is 14.6 Å². The summed E-state index contributed by atoms with van der Waals surface area (Å²) in [6.45, 7) is 0.939. The molecule has 1 amide bonds. The maximum absolute atomic E-state index is 12.2. The van der Waals surface area contributed by atoms with Crippen LogP contribution in [0.25, 0.3) is 0 Å². The Hall–Kier alpha value is -1.75. The van der Waals surface area contributed by atoms with Gasteiger partial charge in [0.25, 0.3) is 5.91 Å². The molecular weight excluding hydrogens is 220 g/mol. The molecule has 2 rings (SSSR count). The number of hydrogen-bond acceptors (Lipinski definition) is 4. The molecular formula is C12H16N2O3. The number of amides is 1. The standard InChI is InChI=1S/C12H16N2O3/c1-17-11-3-2-8(13)6-10(11)12(16)14-5-4-9(15)7-14/h2-3,6,9,15H,4-5,7,13H2,1H3. The van der Waals surface area contributed by atoms with E-state index in [-0.39, 0.29) is 5.91 Å². The zero-order valence-electron chi connectivity index (χ0n) is 9.72. The Kier molecular flexibility index (Phi) is 3.19. The fourth-order valence-electron chi connectivity index (χ4n) is 1.99. The Bertz CT molecular complexity index is 434. The molecule has 0 saturated carbocycles.